The first-order chi connectivity index (χ1) is 13.1. The van der Waals surface area contributed by atoms with Gasteiger partial charge in [0.2, 0.25) is 11.9 Å². The van der Waals surface area contributed by atoms with E-state index >= 15 is 0 Å². The van der Waals surface area contributed by atoms with Gasteiger partial charge in [0, 0.05) is 37.1 Å². The number of carbonyl (C=O) groups is 1. The Morgan fingerprint density at radius 1 is 1.26 bits per heavy atom. The van der Waals surface area contributed by atoms with Crippen LogP contribution in [0.2, 0.25) is 0 Å². The van der Waals surface area contributed by atoms with Crippen LogP contribution in [0.5, 0.6) is 5.75 Å². The topological polar surface area (TPSA) is 97.4 Å². The summed E-state index contributed by atoms with van der Waals surface area (Å²) >= 11 is 0. The van der Waals surface area contributed by atoms with E-state index in [0.717, 1.165) is 30.0 Å². The van der Waals surface area contributed by atoms with E-state index in [1.807, 2.05) is 37.3 Å². The molecule has 1 fully saturated rings. The molecule has 0 saturated carbocycles. The summed E-state index contributed by atoms with van der Waals surface area (Å²) in [5, 5.41) is 9.25. The van der Waals surface area contributed by atoms with Gasteiger partial charge in [-0.25, -0.2) is 4.98 Å². The van der Waals surface area contributed by atoms with Gasteiger partial charge in [0.1, 0.15) is 17.7 Å². The molecule has 0 radical (unpaired) electrons. The van der Waals surface area contributed by atoms with Crippen LogP contribution in [0.3, 0.4) is 0 Å². The van der Waals surface area contributed by atoms with Crippen molar-refractivity contribution < 1.29 is 14.3 Å². The lowest BCUT2D eigenvalue weighted by molar-refractivity contribution is -0.129. The van der Waals surface area contributed by atoms with Crippen molar-refractivity contribution in [3.05, 3.63) is 36.0 Å². The minimum absolute atomic E-state index is 0.0543. The van der Waals surface area contributed by atoms with Crippen molar-refractivity contribution >= 4 is 23.4 Å². The number of methoxy groups -OCH3 is 1. The first-order valence-corrected chi connectivity index (χ1v) is 9.04. The zero-order valence-corrected chi connectivity index (χ0v) is 15.6. The van der Waals surface area contributed by atoms with Gasteiger partial charge in [-0.1, -0.05) is 0 Å². The van der Waals surface area contributed by atoms with Crippen molar-refractivity contribution in [2.75, 3.05) is 37.4 Å². The van der Waals surface area contributed by atoms with Crippen molar-refractivity contribution in [2.24, 2.45) is 0 Å². The molecule has 8 heteroatoms. The highest BCUT2D eigenvalue weighted by Crippen LogP contribution is 2.20. The fraction of sp³-hybridized carbons (Fsp3) is 0.421. The van der Waals surface area contributed by atoms with Crippen LogP contribution in [0, 0.1) is 6.92 Å². The molecule has 144 valence electrons. The number of ether oxygens (including phenoxy) is 2. The molecule has 3 N–H and O–H groups in total. The van der Waals surface area contributed by atoms with Crippen molar-refractivity contribution in [3.63, 3.8) is 0 Å². The van der Waals surface area contributed by atoms with Crippen LogP contribution in [0.25, 0.3) is 0 Å². The molecule has 27 heavy (non-hydrogen) atoms. The molecule has 1 amide bonds. The maximum atomic E-state index is 11.9. The Hall–Kier alpha value is -2.87. The molecule has 3 rings (SSSR count). The van der Waals surface area contributed by atoms with Crippen molar-refractivity contribution in [1.82, 2.24) is 15.3 Å². The minimum Gasteiger partial charge on any atom is -0.497 e. The van der Waals surface area contributed by atoms with E-state index < -0.39 is 0 Å². The normalized spacial score (nSPS) is 16.0. The summed E-state index contributed by atoms with van der Waals surface area (Å²) in [6.45, 7) is 3.59. The van der Waals surface area contributed by atoms with Gasteiger partial charge in [-0.05, 0) is 44.0 Å². The second kappa shape index (κ2) is 9.18. The number of hydrogen-bond donors (Lipinski definition) is 3. The molecule has 0 spiro atoms. The van der Waals surface area contributed by atoms with E-state index in [1.54, 1.807) is 7.11 Å². The third kappa shape index (κ3) is 5.55. The fourth-order valence-electron chi connectivity index (χ4n) is 2.79. The Kier molecular flexibility index (Phi) is 6.43. The molecule has 2 heterocycles. The molecule has 1 atom stereocenters. The number of aromatic nitrogens is 2. The van der Waals surface area contributed by atoms with Crippen molar-refractivity contribution in [2.45, 2.75) is 25.9 Å². The first-order valence-electron chi connectivity index (χ1n) is 9.04. The quantitative estimate of drug-likeness (QED) is 0.612. The smallest absolute Gasteiger partial charge is 0.249 e. The highest BCUT2D eigenvalue weighted by Gasteiger charge is 2.22. The lowest BCUT2D eigenvalue weighted by Gasteiger charge is -2.12. The summed E-state index contributed by atoms with van der Waals surface area (Å²) in [7, 11) is 1.64. The molecule has 0 bridgehead atoms. The van der Waals surface area contributed by atoms with Gasteiger partial charge in [0.25, 0.3) is 0 Å². The van der Waals surface area contributed by atoms with Crippen LogP contribution in [-0.4, -0.2) is 48.8 Å². The molecule has 1 aliphatic rings. The third-order valence-corrected chi connectivity index (χ3v) is 4.15. The predicted molar refractivity (Wildman–Crippen MR) is 104 cm³/mol. The van der Waals surface area contributed by atoms with Crippen LogP contribution < -0.4 is 20.7 Å². The van der Waals surface area contributed by atoms with Gasteiger partial charge in [0.05, 0.1) is 7.11 Å². The number of rotatable bonds is 8. The summed E-state index contributed by atoms with van der Waals surface area (Å²) in [5.41, 5.74) is 1.75. The lowest BCUT2D eigenvalue weighted by Crippen LogP contribution is -2.36. The number of aryl methyl sites for hydroxylation is 1. The average molecular weight is 371 g/mol. The monoisotopic (exact) mass is 371 g/mol. The molecule has 1 aromatic heterocycles. The minimum atomic E-state index is -0.305. The number of carbonyl (C=O) groups excluding carboxylic acids is 1. The molecule has 1 saturated heterocycles. The van der Waals surface area contributed by atoms with Gasteiger partial charge in [0.15, 0.2) is 0 Å². The summed E-state index contributed by atoms with van der Waals surface area (Å²) in [5.74, 6) is 1.95. The summed E-state index contributed by atoms with van der Waals surface area (Å²) in [6, 6.07) is 9.47. The average Bonchev–Trinajstić information content (AvgIpc) is 3.20. The third-order valence-electron chi connectivity index (χ3n) is 4.15. The number of nitrogens with zero attached hydrogens (tertiary/aromatic N) is 2. The number of benzene rings is 1. The Labute approximate surface area is 158 Å². The highest BCUT2D eigenvalue weighted by atomic mass is 16.5. The summed E-state index contributed by atoms with van der Waals surface area (Å²) < 4.78 is 10.5. The zero-order chi connectivity index (χ0) is 19.1. The molecule has 2 aromatic rings. The van der Waals surface area contributed by atoms with E-state index in [-0.39, 0.29) is 12.0 Å². The van der Waals surface area contributed by atoms with Gasteiger partial charge in [-0.15, -0.1) is 0 Å². The highest BCUT2D eigenvalue weighted by molar-refractivity contribution is 5.80. The van der Waals surface area contributed by atoms with Crippen LogP contribution in [0.4, 0.5) is 17.5 Å². The van der Waals surface area contributed by atoms with Gasteiger partial charge in [-0.2, -0.15) is 4.98 Å². The molecular formula is C19H25N5O3. The molecule has 1 aromatic carbocycles. The predicted octanol–water partition coefficient (Wildman–Crippen LogP) is 2.24. The van der Waals surface area contributed by atoms with E-state index in [9.17, 15) is 4.79 Å². The van der Waals surface area contributed by atoms with Gasteiger partial charge >= 0.3 is 0 Å². The number of anilines is 3. The Morgan fingerprint density at radius 3 is 2.78 bits per heavy atom. The van der Waals surface area contributed by atoms with Crippen LogP contribution in [0.1, 0.15) is 18.5 Å². The van der Waals surface area contributed by atoms with Crippen molar-refractivity contribution in [3.8, 4) is 5.75 Å². The number of hydrogen-bond acceptors (Lipinski definition) is 7. The van der Waals surface area contributed by atoms with E-state index in [1.165, 1.54) is 0 Å². The summed E-state index contributed by atoms with van der Waals surface area (Å²) in [6.07, 6.45) is 1.43. The Balaban J connectivity index is 1.50. The largest absolute Gasteiger partial charge is 0.497 e. The van der Waals surface area contributed by atoms with Crippen LogP contribution in [0.15, 0.2) is 30.3 Å². The van der Waals surface area contributed by atoms with Crippen LogP contribution in [-0.2, 0) is 9.53 Å². The lowest BCUT2D eigenvalue weighted by atomic mass is 10.2. The maximum Gasteiger partial charge on any atom is 0.249 e. The molecule has 0 unspecified atom stereocenters. The maximum absolute atomic E-state index is 11.9. The molecule has 8 nitrogen and oxygen atoms in total. The standard InChI is InChI=1S/C19H25N5O3/c1-13-12-17(23-14-5-7-15(26-2)8-6-14)24-19(22-13)21-10-9-20-18(25)16-4-3-11-27-16/h5-8,12,16H,3-4,9-11H2,1-2H3,(H,20,25)(H2,21,22,23,24)/t16-/m1/s1. The molecular weight excluding hydrogens is 346 g/mol. The SMILES string of the molecule is COc1ccc(Nc2cc(C)nc(NCCNC(=O)[C@H]3CCCO3)n2)cc1. The summed E-state index contributed by atoms with van der Waals surface area (Å²) in [4.78, 5) is 20.7. The van der Waals surface area contributed by atoms with E-state index in [2.05, 4.69) is 25.9 Å². The second-order valence-corrected chi connectivity index (χ2v) is 6.29. The Bertz CT molecular complexity index is 760. The molecule has 1 aliphatic heterocycles. The molecule has 0 aliphatic carbocycles. The second-order valence-electron chi connectivity index (χ2n) is 6.29. The number of amides is 1. The van der Waals surface area contributed by atoms with E-state index in [4.69, 9.17) is 9.47 Å². The van der Waals surface area contributed by atoms with Crippen LogP contribution >= 0.6 is 0 Å². The van der Waals surface area contributed by atoms with Gasteiger partial charge < -0.3 is 25.4 Å². The first kappa shape index (κ1) is 18.9. The Morgan fingerprint density at radius 2 is 2.07 bits per heavy atom. The number of nitrogens with one attached hydrogen (secondary N) is 3. The fourth-order valence-corrected chi connectivity index (χ4v) is 2.79. The van der Waals surface area contributed by atoms with Gasteiger partial charge in [-0.3, -0.25) is 4.79 Å². The van der Waals surface area contributed by atoms with Crippen molar-refractivity contribution in [1.29, 1.82) is 0 Å². The zero-order valence-electron chi connectivity index (χ0n) is 15.6. The van der Waals surface area contributed by atoms with E-state index in [0.29, 0.717) is 31.5 Å².